The standard InChI is InChI=1S/C84H117N13O20/c1-17-52(7)70-75(102)88-57(12)79(106)117-71(53(8)18-2)55(10)66(40-31-54(9)78(105)115-67(44-50(3)4)73(100)87-56(11)76(103)97(16)65(45-58-26-21-19-22-27-58)77(104)96(15)46-68(98)92-70)116-84(111)95(14)43-42-94(13)83(110)114-49-61-34-38-63(39-35-61)90-81(108)112-48-60-32-36-62(37-33-60)89-72(99)64(30-25-41-86-80(85)107)91-74(101)69(51(5)6)93-82(109)113-47-59-28-23-20-24-29-59/h18-24,26-29,31-39,50-52,55-57,64-67,69-71H,17,25,30,40-49H2,1-16H3,(H,87,100)(H,88,102)(H,89,99)(H,90,108)(H,91,101)(H,92,98)(H,93,109)(H3,85,86,107)/b53-18+,54-31+/t52?,55-,56-,57+,64-,65?,66-,67+,69-,70-,71+/m0/s1. The second kappa shape index (κ2) is 47.7. The summed E-state index contributed by atoms with van der Waals surface area (Å²) in [5, 5.41) is 21.2. The van der Waals surface area contributed by atoms with Crippen molar-refractivity contribution >= 4 is 95.1 Å². The van der Waals surface area contributed by atoms with Crippen molar-refractivity contribution in [2.75, 3.05) is 65.0 Å². The molecule has 10 N–H and O–H groups in total. The fourth-order valence-electron chi connectivity index (χ4n) is 12.0. The minimum Gasteiger partial charge on any atom is -0.456 e. The largest absolute Gasteiger partial charge is 0.456 e. The van der Waals surface area contributed by atoms with Crippen molar-refractivity contribution in [3.05, 3.63) is 155 Å². The second-order valence-electron chi connectivity index (χ2n) is 30.0. The molecule has 0 radical (unpaired) electrons. The molecule has 638 valence electrons. The minimum atomic E-state index is -1.41. The van der Waals surface area contributed by atoms with Gasteiger partial charge < -0.3 is 91.0 Å². The Kier molecular flexibility index (Phi) is 39.0. The van der Waals surface area contributed by atoms with Gasteiger partial charge >= 0.3 is 42.3 Å². The predicted octanol–water partition coefficient (Wildman–Crippen LogP) is 8.15. The fraction of sp³-hybridized carbons (Fsp3) is 0.500. The van der Waals surface area contributed by atoms with Crippen LogP contribution in [0.15, 0.2) is 132 Å². The zero-order chi connectivity index (χ0) is 86.8. The van der Waals surface area contributed by atoms with Crippen molar-refractivity contribution < 1.29 is 95.5 Å². The van der Waals surface area contributed by atoms with E-state index in [0.29, 0.717) is 40.1 Å². The van der Waals surface area contributed by atoms with Crippen molar-refractivity contribution in [1.82, 2.24) is 51.5 Å². The number of amides is 13. The fourth-order valence-corrected chi connectivity index (χ4v) is 12.0. The lowest BCUT2D eigenvalue weighted by Gasteiger charge is -2.33. The summed E-state index contributed by atoms with van der Waals surface area (Å²) in [5.41, 5.74) is 8.98. The number of allylic oxidation sites excluding steroid dienone is 1. The summed E-state index contributed by atoms with van der Waals surface area (Å²) in [6, 6.07) is 22.7. The van der Waals surface area contributed by atoms with E-state index in [0.717, 1.165) is 10.5 Å². The summed E-state index contributed by atoms with van der Waals surface area (Å²) >= 11 is 0. The first-order valence-electron chi connectivity index (χ1n) is 39.1. The third kappa shape index (κ3) is 31.9. The molecule has 1 aliphatic rings. The molecule has 1 heterocycles. The zero-order valence-electron chi connectivity index (χ0n) is 69.8. The van der Waals surface area contributed by atoms with Crippen LogP contribution in [0.3, 0.4) is 0 Å². The topological polar surface area (TPSA) is 430 Å². The average Bonchev–Trinajstić information content (AvgIpc) is 0.834. The molecule has 0 fully saturated rings. The Morgan fingerprint density at radius 3 is 1.77 bits per heavy atom. The molecule has 4 aromatic carbocycles. The van der Waals surface area contributed by atoms with E-state index in [4.69, 9.17) is 34.2 Å². The Labute approximate surface area is 684 Å². The van der Waals surface area contributed by atoms with E-state index in [2.05, 4.69) is 42.5 Å². The number of hydrogen-bond acceptors (Lipinski definition) is 20. The van der Waals surface area contributed by atoms with Gasteiger partial charge in [0.2, 0.25) is 35.4 Å². The normalized spacial score (nSPS) is 20.4. The van der Waals surface area contributed by atoms with Crippen LogP contribution in [0, 0.1) is 23.7 Å². The molecule has 0 spiro atoms. The predicted molar refractivity (Wildman–Crippen MR) is 435 cm³/mol. The number of carbonyl (C=O) groups is 14. The van der Waals surface area contributed by atoms with Gasteiger partial charge in [0.1, 0.15) is 68.3 Å². The van der Waals surface area contributed by atoms with Crippen LogP contribution in [-0.4, -0.2) is 212 Å². The van der Waals surface area contributed by atoms with Crippen molar-refractivity contribution in [1.29, 1.82) is 0 Å². The third-order valence-electron chi connectivity index (χ3n) is 19.6. The van der Waals surface area contributed by atoms with E-state index in [1.165, 1.54) is 69.7 Å². The third-order valence-corrected chi connectivity index (χ3v) is 19.6. The van der Waals surface area contributed by atoms with Gasteiger partial charge in [0.25, 0.3) is 5.91 Å². The van der Waals surface area contributed by atoms with Gasteiger partial charge in [-0.15, -0.1) is 0 Å². The van der Waals surface area contributed by atoms with E-state index in [9.17, 15) is 67.1 Å². The number of anilines is 2. The molecular weight excluding hydrogens is 1510 g/mol. The molecule has 0 bridgehead atoms. The van der Waals surface area contributed by atoms with Gasteiger partial charge in [0.15, 0.2) is 6.10 Å². The molecule has 1 aliphatic heterocycles. The quantitative estimate of drug-likeness (QED) is 0.0112. The van der Waals surface area contributed by atoms with Gasteiger partial charge in [-0.2, -0.15) is 0 Å². The minimum absolute atomic E-state index is 0.00152. The molecule has 33 heteroatoms. The molecule has 33 nitrogen and oxygen atoms in total. The summed E-state index contributed by atoms with van der Waals surface area (Å²) < 4.78 is 34.6. The Balaban J connectivity index is 1.22. The van der Waals surface area contributed by atoms with Crippen LogP contribution in [0.4, 0.5) is 35.3 Å². The Hall–Kier alpha value is -12.1. The molecule has 0 aromatic heterocycles. The number of esters is 2. The molecule has 0 saturated carbocycles. The van der Waals surface area contributed by atoms with E-state index in [1.807, 2.05) is 26.8 Å². The molecule has 0 saturated heterocycles. The number of likely N-dealkylation sites (N-methyl/N-ethyl adjacent to an activating group) is 4. The van der Waals surface area contributed by atoms with Crippen molar-refractivity contribution in [2.45, 2.75) is 196 Å². The Morgan fingerprint density at radius 2 is 1.21 bits per heavy atom. The molecule has 4 aromatic rings. The number of rotatable bonds is 28. The first-order chi connectivity index (χ1) is 55.4. The molecule has 0 aliphatic carbocycles. The molecule has 11 atom stereocenters. The summed E-state index contributed by atoms with van der Waals surface area (Å²) in [6.07, 6.45) is -3.18. The number of nitrogens with zero attached hydrogens (tertiary/aromatic N) is 4. The maximum atomic E-state index is 14.4. The number of carbonyl (C=O) groups excluding carboxylic acids is 14. The maximum absolute atomic E-state index is 14.4. The smallest absolute Gasteiger partial charge is 0.411 e. The summed E-state index contributed by atoms with van der Waals surface area (Å²) in [5.74, 6) is -8.52. The number of nitrogens with one attached hydrogen (secondary N) is 8. The van der Waals surface area contributed by atoms with E-state index in [-0.39, 0.29) is 83.1 Å². The highest BCUT2D eigenvalue weighted by Gasteiger charge is 2.39. The summed E-state index contributed by atoms with van der Waals surface area (Å²) in [6.45, 7) is 19.0. The summed E-state index contributed by atoms with van der Waals surface area (Å²) in [7, 11) is 5.68. The van der Waals surface area contributed by atoms with Crippen LogP contribution in [0.2, 0.25) is 0 Å². The monoisotopic (exact) mass is 1630 g/mol. The number of benzene rings is 4. The van der Waals surface area contributed by atoms with E-state index >= 15 is 0 Å². The van der Waals surface area contributed by atoms with Gasteiger partial charge in [0.05, 0.1) is 6.54 Å². The lowest BCUT2D eigenvalue weighted by molar-refractivity contribution is -0.155. The lowest BCUT2D eigenvalue weighted by Crippen LogP contribution is -2.57. The molecular formula is C84H117N13O20. The van der Waals surface area contributed by atoms with Crippen molar-refractivity contribution in [3.8, 4) is 0 Å². The first kappa shape index (κ1) is 95.5. The second-order valence-corrected chi connectivity index (χ2v) is 30.0. The number of urea groups is 1. The molecule has 117 heavy (non-hydrogen) atoms. The maximum Gasteiger partial charge on any atom is 0.411 e. The number of cyclic esters (lactones) is 2. The average molecular weight is 1630 g/mol. The van der Waals surface area contributed by atoms with Crippen LogP contribution in [-0.2, 0) is 97.8 Å². The highest BCUT2D eigenvalue weighted by molar-refractivity contribution is 5.99. The van der Waals surface area contributed by atoms with Gasteiger partial charge in [-0.05, 0) is 124 Å². The van der Waals surface area contributed by atoms with Crippen LogP contribution in [0.25, 0.3) is 0 Å². The van der Waals surface area contributed by atoms with Gasteiger partial charge in [-0.25, -0.2) is 33.6 Å². The van der Waals surface area contributed by atoms with Crippen LogP contribution in [0.1, 0.15) is 137 Å². The van der Waals surface area contributed by atoms with Crippen LogP contribution < -0.4 is 48.3 Å². The number of hydrogen-bond donors (Lipinski definition) is 9. The molecule has 13 amide bonds. The lowest BCUT2D eigenvalue weighted by atomic mass is 9.90. The number of alkyl carbamates (subject to hydrolysis) is 1. The molecule has 5 rings (SSSR count). The summed E-state index contributed by atoms with van der Waals surface area (Å²) in [4.78, 5) is 196. The van der Waals surface area contributed by atoms with E-state index in [1.54, 1.807) is 151 Å². The van der Waals surface area contributed by atoms with Crippen molar-refractivity contribution in [2.24, 2.45) is 29.4 Å². The van der Waals surface area contributed by atoms with Gasteiger partial charge in [-0.1, -0.05) is 152 Å². The highest BCUT2D eigenvalue weighted by Crippen LogP contribution is 2.28. The van der Waals surface area contributed by atoms with Crippen LogP contribution in [0.5, 0.6) is 0 Å². The van der Waals surface area contributed by atoms with Gasteiger partial charge in [-0.3, -0.25) is 38.9 Å². The molecule has 2 unspecified atom stereocenters. The number of nitrogens with two attached hydrogens (primary N) is 1. The highest BCUT2D eigenvalue weighted by atomic mass is 16.6. The van der Waals surface area contributed by atoms with Crippen LogP contribution >= 0.6 is 0 Å². The number of ether oxygens (including phenoxy) is 6. The zero-order valence-corrected chi connectivity index (χ0v) is 69.8. The first-order valence-corrected chi connectivity index (χ1v) is 39.1. The Morgan fingerprint density at radius 1 is 0.658 bits per heavy atom. The van der Waals surface area contributed by atoms with Crippen molar-refractivity contribution in [3.63, 3.8) is 0 Å². The van der Waals surface area contributed by atoms with E-state index < -0.39 is 163 Å². The Bertz CT molecular complexity index is 4090. The SMILES string of the molecule is C/C=C(\C)[C@H]1OC(=O)[C@@H](C)NC(=O)[C@H](C(C)CC)NC(=O)CN(C)C(=O)C(Cc2ccccc2)N(C)C(=O)[C@H](C)NC(=O)[C@@H](CC(C)C)OC(=O)/C(C)=C/C[C@H](OC(=O)N(C)CCN(C)C(=O)OCc2ccc(NC(=O)OCc3ccc(NC(=O)[C@H](CCCNC(N)=O)NC(=O)[C@@H](NC(=O)OCc4ccccc4)C(C)C)cc3)cc2)[C@@H]1C. The van der Waals surface area contributed by atoms with Gasteiger partial charge in [0, 0.05) is 83.5 Å². The number of primary amides is 1.